The minimum atomic E-state index is -3.92. The Bertz CT molecular complexity index is 1150. The summed E-state index contributed by atoms with van der Waals surface area (Å²) in [5.41, 5.74) is 1.82. The van der Waals surface area contributed by atoms with Gasteiger partial charge in [0.25, 0.3) is 0 Å². The number of likely N-dealkylation sites (N-methyl/N-ethyl adjacent to an activating group) is 1. The number of rotatable bonds is 6. The first-order valence-corrected chi connectivity index (χ1v) is 11.6. The van der Waals surface area contributed by atoms with Crippen molar-refractivity contribution >= 4 is 33.2 Å². The highest BCUT2D eigenvalue weighted by molar-refractivity contribution is 7.89. The van der Waals surface area contributed by atoms with Gasteiger partial charge in [0.05, 0.1) is 11.4 Å². The molecule has 1 atom stereocenters. The molecule has 1 aliphatic heterocycles. The van der Waals surface area contributed by atoms with Crippen LogP contribution in [0.25, 0.3) is 0 Å². The van der Waals surface area contributed by atoms with Crippen molar-refractivity contribution in [1.29, 1.82) is 0 Å². The molecule has 4 rings (SSSR count). The summed E-state index contributed by atoms with van der Waals surface area (Å²) in [6.07, 6.45) is 2.40. The van der Waals surface area contributed by atoms with E-state index in [2.05, 4.69) is 5.32 Å². The standard InChI is InChI=1S/C22H24FN3O4S/c1-14-10-16-11-19(8-9-20(16)26(14)22(28)15-6-7-15)31(29,30)25(2)13-21(27)24-18-5-3-4-17(23)12-18/h3-5,8-9,11-12,14-15H,6-7,10,13H2,1-2H3,(H,24,27). The van der Waals surface area contributed by atoms with E-state index in [1.54, 1.807) is 17.0 Å². The van der Waals surface area contributed by atoms with Crippen LogP contribution in [-0.2, 0) is 26.0 Å². The van der Waals surface area contributed by atoms with E-state index in [1.165, 1.54) is 31.3 Å². The molecule has 1 heterocycles. The normalized spacial score (nSPS) is 18.2. The molecule has 9 heteroatoms. The van der Waals surface area contributed by atoms with Crippen molar-refractivity contribution in [3.63, 3.8) is 0 Å². The largest absolute Gasteiger partial charge is 0.325 e. The van der Waals surface area contributed by atoms with Crippen LogP contribution in [-0.4, -0.2) is 44.2 Å². The topological polar surface area (TPSA) is 86.8 Å². The summed E-state index contributed by atoms with van der Waals surface area (Å²) < 4.78 is 40.2. The number of benzene rings is 2. The maximum atomic E-state index is 13.3. The Hall–Kier alpha value is -2.78. The second-order valence-corrected chi connectivity index (χ2v) is 10.2. The Morgan fingerprint density at radius 1 is 1.19 bits per heavy atom. The van der Waals surface area contributed by atoms with Crippen LogP contribution in [0.5, 0.6) is 0 Å². The van der Waals surface area contributed by atoms with Gasteiger partial charge in [0.15, 0.2) is 0 Å². The lowest BCUT2D eigenvalue weighted by Crippen LogP contribution is -2.36. The van der Waals surface area contributed by atoms with E-state index in [4.69, 9.17) is 0 Å². The summed E-state index contributed by atoms with van der Waals surface area (Å²) in [6, 6.07) is 10.1. The average molecular weight is 446 g/mol. The summed E-state index contributed by atoms with van der Waals surface area (Å²) in [5, 5.41) is 2.49. The van der Waals surface area contributed by atoms with Crippen LogP contribution in [0.3, 0.4) is 0 Å². The Morgan fingerprint density at radius 3 is 2.61 bits per heavy atom. The lowest BCUT2D eigenvalue weighted by atomic mass is 10.1. The van der Waals surface area contributed by atoms with Crippen molar-refractivity contribution in [1.82, 2.24) is 4.31 Å². The Labute approximate surface area is 180 Å². The average Bonchev–Trinajstić information content (AvgIpc) is 3.49. The van der Waals surface area contributed by atoms with Gasteiger partial charge in [0, 0.05) is 30.4 Å². The highest BCUT2D eigenvalue weighted by Crippen LogP contribution is 2.39. The smallest absolute Gasteiger partial charge is 0.243 e. The van der Waals surface area contributed by atoms with Gasteiger partial charge in [-0.2, -0.15) is 4.31 Å². The van der Waals surface area contributed by atoms with Crippen molar-refractivity contribution in [2.24, 2.45) is 5.92 Å². The molecule has 2 aromatic rings. The molecule has 0 bridgehead atoms. The third-order valence-electron chi connectivity index (χ3n) is 5.61. The molecule has 7 nitrogen and oxygen atoms in total. The van der Waals surface area contributed by atoms with E-state index in [9.17, 15) is 22.4 Å². The van der Waals surface area contributed by atoms with Crippen LogP contribution in [0, 0.1) is 11.7 Å². The summed E-state index contributed by atoms with van der Waals surface area (Å²) in [6.45, 7) is 1.54. The zero-order valence-corrected chi connectivity index (χ0v) is 18.2. The van der Waals surface area contributed by atoms with E-state index in [1.807, 2.05) is 6.92 Å². The fourth-order valence-electron chi connectivity index (χ4n) is 3.86. The molecule has 31 heavy (non-hydrogen) atoms. The number of nitrogens with one attached hydrogen (secondary N) is 1. The summed E-state index contributed by atoms with van der Waals surface area (Å²) in [7, 11) is -2.60. The lowest BCUT2D eigenvalue weighted by Gasteiger charge is -2.23. The first-order valence-electron chi connectivity index (χ1n) is 10.1. The molecule has 1 saturated carbocycles. The molecule has 2 aromatic carbocycles. The first-order chi connectivity index (χ1) is 14.7. The van der Waals surface area contributed by atoms with E-state index in [0.717, 1.165) is 34.5 Å². The van der Waals surface area contributed by atoms with Gasteiger partial charge in [-0.1, -0.05) is 6.07 Å². The highest BCUT2D eigenvalue weighted by Gasteiger charge is 2.40. The van der Waals surface area contributed by atoms with Gasteiger partial charge in [-0.3, -0.25) is 9.59 Å². The number of carbonyl (C=O) groups excluding carboxylic acids is 2. The summed E-state index contributed by atoms with van der Waals surface area (Å²) >= 11 is 0. The quantitative estimate of drug-likeness (QED) is 0.741. The first kappa shape index (κ1) is 21.5. The number of sulfonamides is 1. The van der Waals surface area contributed by atoms with E-state index >= 15 is 0 Å². The number of hydrogen-bond acceptors (Lipinski definition) is 4. The summed E-state index contributed by atoms with van der Waals surface area (Å²) in [4.78, 5) is 26.7. The molecule has 0 spiro atoms. The zero-order chi connectivity index (χ0) is 22.3. The number of hydrogen-bond donors (Lipinski definition) is 1. The molecular weight excluding hydrogens is 421 g/mol. The number of amides is 2. The van der Waals surface area contributed by atoms with Crippen molar-refractivity contribution < 1.29 is 22.4 Å². The monoisotopic (exact) mass is 445 g/mol. The SMILES string of the molecule is CC1Cc2cc(S(=O)(=O)N(C)CC(=O)Nc3cccc(F)c3)ccc2N1C(=O)C1CC1. The molecule has 1 unspecified atom stereocenters. The predicted molar refractivity (Wildman–Crippen MR) is 115 cm³/mol. The van der Waals surface area contributed by atoms with E-state index < -0.39 is 28.3 Å². The Morgan fingerprint density at radius 2 is 1.94 bits per heavy atom. The van der Waals surface area contributed by atoms with Crippen LogP contribution in [0.1, 0.15) is 25.3 Å². The number of carbonyl (C=O) groups is 2. The van der Waals surface area contributed by atoms with Crippen molar-refractivity contribution in [3.8, 4) is 0 Å². The minimum Gasteiger partial charge on any atom is -0.325 e. The fourth-order valence-corrected chi connectivity index (χ4v) is 5.04. The van der Waals surface area contributed by atoms with Gasteiger partial charge in [-0.25, -0.2) is 12.8 Å². The van der Waals surface area contributed by atoms with Gasteiger partial charge in [-0.15, -0.1) is 0 Å². The molecule has 1 fully saturated rings. The van der Waals surface area contributed by atoms with Gasteiger partial charge >= 0.3 is 0 Å². The number of nitrogens with zero attached hydrogens (tertiary/aromatic N) is 2. The second-order valence-electron chi connectivity index (χ2n) is 8.15. The van der Waals surface area contributed by atoms with Gasteiger partial charge < -0.3 is 10.2 Å². The van der Waals surface area contributed by atoms with Crippen molar-refractivity contribution in [2.75, 3.05) is 23.8 Å². The van der Waals surface area contributed by atoms with Crippen molar-refractivity contribution in [3.05, 3.63) is 53.8 Å². The fraction of sp³-hybridized carbons (Fsp3) is 0.364. The third-order valence-corrected chi connectivity index (χ3v) is 7.41. The predicted octanol–water partition coefficient (Wildman–Crippen LogP) is 2.77. The molecule has 164 valence electrons. The maximum Gasteiger partial charge on any atom is 0.243 e. The second kappa shape index (κ2) is 8.05. The minimum absolute atomic E-state index is 0.0178. The van der Waals surface area contributed by atoms with E-state index in [0.29, 0.717) is 6.42 Å². The van der Waals surface area contributed by atoms with Crippen LogP contribution in [0.2, 0.25) is 0 Å². The van der Waals surface area contributed by atoms with E-state index in [-0.39, 0.29) is 28.4 Å². The number of anilines is 2. The molecular formula is C22H24FN3O4S. The zero-order valence-electron chi connectivity index (χ0n) is 17.3. The molecule has 2 aliphatic rings. The van der Waals surface area contributed by atoms with Crippen LogP contribution < -0.4 is 10.2 Å². The molecule has 2 amide bonds. The molecule has 1 aliphatic carbocycles. The molecule has 1 N–H and O–H groups in total. The van der Waals surface area contributed by atoms with Crippen LogP contribution in [0.15, 0.2) is 47.4 Å². The van der Waals surface area contributed by atoms with Gasteiger partial charge in [0.2, 0.25) is 21.8 Å². The van der Waals surface area contributed by atoms with Crippen LogP contribution >= 0.6 is 0 Å². The Kier molecular flexibility index (Phi) is 5.57. The van der Waals surface area contributed by atoms with Crippen molar-refractivity contribution in [2.45, 2.75) is 37.1 Å². The molecule has 0 radical (unpaired) electrons. The number of fused-ring (bicyclic) bond motifs is 1. The maximum absolute atomic E-state index is 13.3. The molecule has 0 aromatic heterocycles. The summed E-state index contributed by atoms with van der Waals surface area (Å²) in [5.74, 6) is -0.888. The lowest BCUT2D eigenvalue weighted by molar-refractivity contribution is -0.120. The van der Waals surface area contributed by atoms with Crippen LogP contribution in [0.4, 0.5) is 15.8 Å². The van der Waals surface area contributed by atoms with Gasteiger partial charge in [-0.05, 0) is 68.1 Å². The number of halogens is 1. The highest BCUT2D eigenvalue weighted by atomic mass is 32.2. The Balaban J connectivity index is 1.49. The molecule has 0 saturated heterocycles. The van der Waals surface area contributed by atoms with Gasteiger partial charge in [0.1, 0.15) is 5.82 Å². The third kappa shape index (κ3) is 4.33.